The summed E-state index contributed by atoms with van der Waals surface area (Å²) < 4.78 is 11.5. The lowest BCUT2D eigenvalue weighted by molar-refractivity contribution is -0.181. The minimum atomic E-state index is -0.421. The monoisotopic (exact) mass is 330 g/mol. The number of urea groups is 1. The number of hydrogen-bond acceptors (Lipinski definition) is 3. The van der Waals surface area contributed by atoms with Gasteiger partial charge in [-0.15, -0.1) is 0 Å². The van der Waals surface area contributed by atoms with Crippen LogP contribution < -0.4 is 5.32 Å². The van der Waals surface area contributed by atoms with E-state index < -0.39 is 5.79 Å². The summed E-state index contributed by atoms with van der Waals surface area (Å²) in [7, 11) is 0. The normalized spacial score (nSPS) is 24.6. The number of ether oxygens (including phenoxy) is 2. The molecule has 130 valence electrons. The third-order valence-corrected chi connectivity index (χ3v) is 5.90. The molecule has 2 heterocycles. The summed E-state index contributed by atoms with van der Waals surface area (Å²) in [6, 6.07) is 10.6. The molecule has 0 unspecified atom stereocenters. The second-order valence-electron chi connectivity index (χ2n) is 7.25. The van der Waals surface area contributed by atoms with Crippen LogP contribution in [0.3, 0.4) is 0 Å². The third kappa shape index (κ3) is 2.91. The summed E-state index contributed by atoms with van der Waals surface area (Å²) >= 11 is 0. The van der Waals surface area contributed by atoms with Crippen molar-refractivity contribution in [2.24, 2.45) is 0 Å². The van der Waals surface area contributed by atoms with E-state index in [-0.39, 0.29) is 11.4 Å². The molecule has 4 rings (SSSR count). The zero-order valence-electron chi connectivity index (χ0n) is 14.1. The number of piperidine rings is 1. The van der Waals surface area contributed by atoms with Crippen LogP contribution in [0.25, 0.3) is 0 Å². The van der Waals surface area contributed by atoms with Crippen molar-refractivity contribution >= 4 is 6.03 Å². The summed E-state index contributed by atoms with van der Waals surface area (Å²) in [5, 5.41) is 3.18. The van der Waals surface area contributed by atoms with Crippen LogP contribution >= 0.6 is 0 Å². The molecule has 1 saturated carbocycles. The smallest absolute Gasteiger partial charge is 0.317 e. The molecule has 1 aromatic carbocycles. The summed E-state index contributed by atoms with van der Waals surface area (Å²) in [5.41, 5.74) is 1.48. The van der Waals surface area contributed by atoms with Gasteiger partial charge in [-0.1, -0.05) is 36.8 Å². The molecule has 2 aliphatic heterocycles. The third-order valence-electron chi connectivity index (χ3n) is 5.90. The van der Waals surface area contributed by atoms with E-state index in [2.05, 4.69) is 29.6 Å². The molecule has 1 N–H and O–H groups in total. The SMILES string of the molecule is O=C(NCC1(c2ccccc2)CCC1)N1CCC2(CC1)OCCO2. The van der Waals surface area contributed by atoms with E-state index in [1.807, 2.05) is 11.0 Å². The van der Waals surface area contributed by atoms with Gasteiger partial charge >= 0.3 is 6.03 Å². The first kappa shape index (κ1) is 15.9. The van der Waals surface area contributed by atoms with Gasteiger partial charge in [-0.3, -0.25) is 0 Å². The Morgan fingerprint density at radius 3 is 2.29 bits per heavy atom. The zero-order chi connectivity index (χ0) is 16.5. The molecule has 3 fully saturated rings. The van der Waals surface area contributed by atoms with Gasteiger partial charge in [0, 0.05) is 37.9 Å². The van der Waals surface area contributed by atoms with Crippen molar-refractivity contribution in [1.82, 2.24) is 10.2 Å². The van der Waals surface area contributed by atoms with Crippen LogP contribution in [0, 0.1) is 0 Å². The second-order valence-corrected chi connectivity index (χ2v) is 7.25. The first-order valence-corrected chi connectivity index (χ1v) is 9.08. The Hall–Kier alpha value is -1.59. The highest BCUT2D eigenvalue weighted by molar-refractivity contribution is 5.74. The first-order chi connectivity index (χ1) is 11.7. The number of amides is 2. The number of hydrogen-bond donors (Lipinski definition) is 1. The van der Waals surface area contributed by atoms with Crippen molar-refractivity contribution in [3.05, 3.63) is 35.9 Å². The van der Waals surface area contributed by atoms with Crippen LogP contribution in [0.15, 0.2) is 30.3 Å². The molecular weight excluding hydrogens is 304 g/mol. The Labute approximate surface area is 143 Å². The lowest BCUT2D eigenvalue weighted by Gasteiger charge is -2.43. The Morgan fingerprint density at radius 1 is 1.04 bits per heavy atom. The molecular formula is C19H26N2O3. The zero-order valence-corrected chi connectivity index (χ0v) is 14.1. The quantitative estimate of drug-likeness (QED) is 0.927. The van der Waals surface area contributed by atoms with Gasteiger partial charge in [0.25, 0.3) is 0 Å². The van der Waals surface area contributed by atoms with Gasteiger partial charge in [0.15, 0.2) is 5.79 Å². The minimum Gasteiger partial charge on any atom is -0.347 e. The lowest BCUT2D eigenvalue weighted by Crippen LogP contribution is -2.53. The predicted molar refractivity (Wildman–Crippen MR) is 90.8 cm³/mol. The predicted octanol–water partition coefficient (Wildman–Crippen LogP) is 2.66. The van der Waals surface area contributed by atoms with Gasteiger partial charge in [0.1, 0.15) is 0 Å². The largest absolute Gasteiger partial charge is 0.347 e. The molecule has 1 aliphatic carbocycles. The summed E-state index contributed by atoms with van der Waals surface area (Å²) in [5.74, 6) is -0.421. The molecule has 1 aromatic rings. The van der Waals surface area contributed by atoms with Gasteiger partial charge in [0.2, 0.25) is 0 Å². The molecule has 1 spiro atoms. The number of carbonyl (C=O) groups excluding carboxylic acids is 1. The molecule has 2 saturated heterocycles. The standard InChI is InChI=1S/C19H26N2O3/c22-17(21-11-9-19(10-12-21)23-13-14-24-19)20-15-18(7-4-8-18)16-5-2-1-3-6-16/h1-3,5-6H,4,7-15H2,(H,20,22). The number of rotatable bonds is 3. The van der Waals surface area contributed by atoms with E-state index in [0.717, 1.165) is 32.2 Å². The summed E-state index contributed by atoms with van der Waals surface area (Å²) in [6.45, 7) is 3.47. The molecule has 0 bridgehead atoms. The summed E-state index contributed by atoms with van der Waals surface area (Å²) in [4.78, 5) is 14.4. The molecule has 24 heavy (non-hydrogen) atoms. The van der Waals surface area contributed by atoms with Crippen LogP contribution in [-0.2, 0) is 14.9 Å². The van der Waals surface area contributed by atoms with E-state index in [9.17, 15) is 4.79 Å². The highest BCUT2D eigenvalue weighted by Gasteiger charge is 2.42. The molecule has 3 aliphatic rings. The fourth-order valence-electron chi connectivity index (χ4n) is 4.16. The van der Waals surface area contributed by atoms with Crippen LogP contribution in [0.1, 0.15) is 37.7 Å². The van der Waals surface area contributed by atoms with Crippen molar-refractivity contribution < 1.29 is 14.3 Å². The first-order valence-electron chi connectivity index (χ1n) is 9.08. The van der Waals surface area contributed by atoms with Gasteiger partial charge in [-0.2, -0.15) is 0 Å². The number of nitrogens with zero attached hydrogens (tertiary/aromatic N) is 1. The lowest BCUT2D eigenvalue weighted by atomic mass is 9.64. The Kier molecular flexibility index (Phi) is 4.22. The van der Waals surface area contributed by atoms with Crippen molar-refractivity contribution in [2.75, 3.05) is 32.8 Å². The maximum Gasteiger partial charge on any atom is 0.317 e. The van der Waals surface area contributed by atoms with E-state index in [4.69, 9.17) is 9.47 Å². The van der Waals surface area contributed by atoms with Crippen molar-refractivity contribution in [2.45, 2.75) is 43.3 Å². The van der Waals surface area contributed by atoms with E-state index in [0.29, 0.717) is 26.3 Å². The number of benzene rings is 1. The molecule has 2 amide bonds. The highest BCUT2D eigenvalue weighted by Crippen LogP contribution is 2.43. The topological polar surface area (TPSA) is 50.8 Å². The average molecular weight is 330 g/mol. The van der Waals surface area contributed by atoms with Crippen LogP contribution in [0.2, 0.25) is 0 Å². The minimum absolute atomic E-state index is 0.0463. The Balaban J connectivity index is 1.32. The van der Waals surface area contributed by atoms with Crippen molar-refractivity contribution in [1.29, 1.82) is 0 Å². The molecule has 5 heteroatoms. The molecule has 0 radical (unpaired) electrons. The maximum absolute atomic E-state index is 12.6. The van der Waals surface area contributed by atoms with Crippen molar-refractivity contribution in [3.63, 3.8) is 0 Å². The molecule has 0 aromatic heterocycles. The maximum atomic E-state index is 12.6. The number of carbonyl (C=O) groups is 1. The van der Waals surface area contributed by atoms with Crippen LogP contribution in [0.5, 0.6) is 0 Å². The van der Waals surface area contributed by atoms with Crippen LogP contribution in [0.4, 0.5) is 4.79 Å². The Morgan fingerprint density at radius 2 is 1.71 bits per heavy atom. The van der Waals surface area contributed by atoms with Gasteiger partial charge in [-0.25, -0.2) is 4.79 Å². The fourth-order valence-corrected chi connectivity index (χ4v) is 4.16. The fraction of sp³-hybridized carbons (Fsp3) is 0.632. The number of nitrogens with one attached hydrogen (secondary N) is 1. The number of likely N-dealkylation sites (tertiary alicyclic amines) is 1. The van der Waals surface area contributed by atoms with E-state index in [1.54, 1.807) is 0 Å². The Bertz CT molecular complexity index is 570. The molecule has 0 atom stereocenters. The van der Waals surface area contributed by atoms with E-state index >= 15 is 0 Å². The van der Waals surface area contributed by atoms with Crippen LogP contribution in [-0.4, -0.2) is 49.6 Å². The van der Waals surface area contributed by atoms with Crippen molar-refractivity contribution in [3.8, 4) is 0 Å². The van der Waals surface area contributed by atoms with Gasteiger partial charge in [-0.05, 0) is 18.4 Å². The summed E-state index contributed by atoms with van der Waals surface area (Å²) in [6.07, 6.45) is 5.09. The highest BCUT2D eigenvalue weighted by atomic mass is 16.7. The van der Waals surface area contributed by atoms with Gasteiger partial charge in [0.05, 0.1) is 13.2 Å². The van der Waals surface area contributed by atoms with Gasteiger partial charge < -0.3 is 19.7 Å². The van der Waals surface area contributed by atoms with E-state index in [1.165, 1.54) is 12.0 Å². The second kappa shape index (κ2) is 6.37. The molecule has 5 nitrogen and oxygen atoms in total. The average Bonchev–Trinajstić information content (AvgIpc) is 3.03.